The smallest absolute Gasteiger partial charge is 0.274 e. The monoisotopic (exact) mass is 364 g/mol. The van der Waals surface area contributed by atoms with Gasteiger partial charge in [0.1, 0.15) is 29.3 Å². The van der Waals surface area contributed by atoms with Gasteiger partial charge in [-0.05, 0) is 29.8 Å². The van der Waals surface area contributed by atoms with Crippen molar-refractivity contribution < 1.29 is 14.3 Å². The van der Waals surface area contributed by atoms with Crippen LogP contribution in [0.3, 0.4) is 0 Å². The predicted molar refractivity (Wildman–Crippen MR) is 103 cm³/mol. The Bertz CT molecular complexity index is 913. The minimum Gasteiger partial charge on any atom is -0.497 e. The summed E-state index contributed by atoms with van der Waals surface area (Å²) in [6, 6.07) is 16.5. The topological polar surface area (TPSA) is 85.4 Å². The summed E-state index contributed by atoms with van der Waals surface area (Å²) in [5.41, 5.74) is 1.90. The first-order valence-electron chi connectivity index (χ1n) is 8.33. The molecule has 0 aliphatic carbocycles. The molecule has 27 heavy (non-hydrogen) atoms. The lowest BCUT2D eigenvalue weighted by molar-refractivity contribution is 0.102. The van der Waals surface area contributed by atoms with E-state index in [4.69, 9.17) is 9.47 Å². The van der Waals surface area contributed by atoms with E-state index in [0.29, 0.717) is 23.8 Å². The Morgan fingerprint density at radius 2 is 1.78 bits per heavy atom. The Morgan fingerprint density at radius 3 is 2.52 bits per heavy atom. The lowest BCUT2D eigenvalue weighted by Gasteiger charge is -2.10. The first kappa shape index (κ1) is 18.2. The lowest BCUT2D eigenvalue weighted by Crippen LogP contribution is -2.15. The van der Waals surface area contributed by atoms with Crippen LogP contribution in [-0.2, 0) is 6.54 Å². The molecule has 0 aliphatic heterocycles. The van der Waals surface area contributed by atoms with Gasteiger partial charge in [0, 0.05) is 12.6 Å². The molecule has 7 nitrogen and oxygen atoms in total. The fourth-order valence-corrected chi connectivity index (χ4v) is 2.45. The molecular weight excluding hydrogens is 344 g/mol. The molecule has 0 saturated carbocycles. The fourth-order valence-electron chi connectivity index (χ4n) is 2.45. The van der Waals surface area contributed by atoms with Crippen LogP contribution >= 0.6 is 0 Å². The summed E-state index contributed by atoms with van der Waals surface area (Å²) in [6.07, 6.45) is 1.35. The number of hydrogen-bond acceptors (Lipinski definition) is 6. The number of para-hydroxylation sites is 2. The molecule has 0 radical (unpaired) electrons. The molecule has 2 N–H and O–H groups in total. The number of methoxy groups -OCH3 is 2. The van der Waals surface area contributed by atoms with Crippen LogP contribution in [0.25, 0.3) is 0 Å². The predicted octanol–water partition coefficient (Wildman–Crippen LogP) is 3.36. The van der Waals surface area contributed by atoms with Crippen molar-refractivity contribution in [2.75, 3.05) is 24.9 Å². The summed E-state index contributed by atoms with van der Waals surface area (Å²) in [5.74, 6) is 1.61. The second kappa shape index (κ2) is 8.66. The lowest BCUT2D eigenvalue weighted by atomic mass is 10.2. The molecule has 2 aromatic carbocycles. The zero-order valence-corrected chi connectivity index (χ0v) is 15.1. The number of benzene rings is 2. The summed E-state index contributed by atoms with van der Waals surface area (Å²) in [5, 5.41) is 5.98. The average molecular weight is 364 g/mol. The van der Waals surface area contributed by atoms with Crippen molar-refractivity contribution in [3.05, 3.63) is 72.2 Å². The Hall–Kier alpha value is -3.61. The number of carbonyl (C=O) groups excluding carboxylic acids is 1. The number of carbonyl (C=O) groups is 1. The molecule has 1 amide bonds. The molecular formula is C20H20N4O3. The number of nitrogens with zero attached hydrogens (tertiary/aromatic N) is 2. The second-order valence-corrected chi connectivity index (χ2v) is 5.64. The minimum atomic E-state index is -0.339. The molecule has 0 atom stereocenters. The zero-order chi connectivity index (χ0) is 19.1. The van der Waals surface area contributed by atoms with Gasteiger partial charge in [-0.15, -0.1) is 0 Å². The van der Waals surface area contributed by atoms with Gasteiger partial charge >= 0.3 is 0 Å². The molecule has 0 unspecified atom stereocenters. The van der Waals surface area contributed by atoms with Crippen LogP contribution in [0.5, 0.6) is 11.5 Å². The maximum absolute atomic E-state index is 12.5. The number of aromatic nitrogens is 2. The summed E-state index contributed by atoms with van der Waals surface area (Å²) in [4.78, 5) is 20.7. The van der Waals surface area contributed by atoms with Gasteiger partial charge in [0.15, 0.2) is 0 Å². The van der Waals surface area contributed by atoms with E-state index in [0.717, 1.165) is 11.3 Å². The Labute approximate surface area is 157 Å². The number of rotatable bonds is 7. The molecule has 1 aromatic heterocycles. The van der Waals surface area contributed by atoms with Crippen LogP contribution < -0.4 is 20.1 Å². The molecule has 0 aliphatic rings. The number of hydrogen-bond donors (Lipinski definition) is 2. The highest BCUT2D eigenvalue weighted by Gasteiger charge is 2.11. The van der Waals surface area contributed by atoms with Crippen molar-refractivity contribution in [3.63, 3.8) is 0 Å². The van der Waals surface area contributed by atoms with Crippen molar-refractivity contribution in [1.82, 2.24) is 9.97 Å². The van der Waals surface area contributed by atoms with Crippen LogP contribution in [0.4, 0.5) is 11.5 Å². The van der Waals surface area contributed by atoms with Crippen LogP contribution in [0.2, 0.25) is 0 Å². The van der Waals surface area contributed by atoms with Crippen molar-refractivity contribution in [2.45, 2.75) is 6.54 Å². The number of nitrogens with one attached hydrogen (secondary N) is 2. The third-order valence-electron chi connectivity index (χ3n) is 3.89. The van der Waals surface area contributed by atoms with Gasteiger partial charge in [0.2, 0.25) is 0 Å². The van der Waals surface area contributed by atoms with E-state index in [9.17, 15) is 4.79 Å². The second-order valence-electron chi connectivity index (χ2n) is 5.64. The van der Waals surface area contributed by atoms with Gasteiger partial charge in [-0.25, -0.2) is 9.97 Å². The molecule has 3 rings (SSSR count). The fraction of sp³-hybridized carbons (Fsp3) is 0.150. The molecule has 138 valence electrons. The molecule has 0 fully saturated rings. The van der Waals surface area contributed by atoms with E-state index in [1.54, 1.807) is 32.4 Å². The largest absolute Gasteiger partial charge is 0.497 e. The van der Waals surface area contributed by atoms with Gasteiger partial charge < -0.3 is 20.1 Å². The first-order valence-corrected chi connectivity index (χ1v) is 8.33. The normalized spacial score (nSPS) is 10.1. The van der Waals surface area contributed by atoms with Crippen LogP contribution in [0.15, 0.2) is 60.9 Å². The maximum atomic E-state index is 12.5. The Balaban J connectivity index is 1.66. The third kappa shape index (κ3) is 4.72. The number of anilines is 2. The standard InChI is InChI=1S/C20H20N4O3/c1-26-15-9-7-14(8-10-15)12-21-19-11-17(22-13-23-19)20(25)24-16-5-3-4-6-18(16)27-2/h3-11,13H,12H2,1-2H3,(H,24,25)(H,21,22,23). The van der Waals surface area contributed by atoms with E-state index in [1.807, 2.05) is 36.4 Å². The van der Waals surface area contributed by atoms with Crippen molar-refractivity contribution in [2.24, 2.45) is 0 Å². The molecule has 1 heterocycles. The number of amides is 1. The maximum Gasteiger partial charge on any atom is 0.274 e. The third-order valence-corrected chi connectivity index (χ3v) is 3.89. The van der Waals surface area contributed by atoms with Gasteiger partial charge in [-0.3, -0.25) is 4.79 Å². The molecule has 0 bridgehead atoms. The summed E-state index contributed by atoms with van der Waals surface area (Å²) >= 11 is 0. The van der Waals surface area contributed by atoms with E-state index >= 15 is 0 Å². The van der Waals surface area contributed by atoms with Gasteiger partial charge in [-0.1, -0.05) is 24.3 Å². The van der Waals surface area contributed by atoms with E-state index in [2.05, 4.69) is 20.6 Å². The quantitative estimate of drug-likeness (QED) is 0.669. The molecule has 3 aromatic rings. The molecule has 0 saturated heterocycles. The summed E-state index contributed by atoms with van der Waals surface area (Å²) in [7, 11) is 3.18. The van der Waals surface area contributed by atoms with Crippen molar-refractivity contribution >= 4 is 17.4 Å². The highest BCUT2D eigenvalue weighted by Crippen LogP contribution is 2.23. The van der Waals surface area contributed by atoms with Crippen LogP contribution in [0.1, 0.15) is 16.1 Å². The van der Waals surface area contributed by atoms with Crippen LogP contribution in [-0.4, -0.2) is 30.1 Å². The summed E-state index contributed by atoms with van der Waals surface area (Å²) < 4.78 is 10.4. The minimum absolute atomic E-state index is 0.258. The van der Waals surface area contributed by atoms with Gasteiger partial charge in [0.05, 0.1) is 19.9 Å². The van der Waals surface area contributed by atoms with Gasteiger partial charge in [0.25, 0.3) is 5.91 Å². The average Bonchev–Trinajstić information content (AvgIpc) is 2.73. The van der Waals surface area contributed by atoms with Crippen molar-refractivity contribution in [3.8, 4) is 11.5 Å². The zero-order valence-electron chi connectivity index (χ0n) is 15.1. The van der Waals surface area contributed by atoms with Crippen LogP contribution in [0, 0.1) is 0 Å². The van der Waals surface area contributed by atoms with E-state index < -0.39 is 0 Å². The molecule has 7 heteroatoms. The van der Waals surface area contributed by atoms with E-state index in [-0.39, 0.29) is 11.6 Å². The number of ether oxygens (including phenoxy) is 2. The highest BCUT2D eigenvalue weighted by molar-refractivity contribution is 6.04. The molecule has 0 spiro atoms. The SMILES string of the molecule is COc1ccc(CNc2cc(C(=O)Nc3ccccc3OC)ncn2)cc1. The highest BCUT2D eigenvalue weighted by atomic mass is 16.5. The van der Waals surface area contributed by atoms with Gasteiger partial charge in [-0.2, -0.15) is 0 Å². The first-order chi connectivity index (χ1) is 13.2. The van der Waals surface area contributed by atoms with E-state index in [1.165, 1.54) is 6.33 Å². The Morgan fingerprint density at radius 1 is 1.00 bits per heavy atom. The Kier molecular flexibility index (Phi) is 5.84. The summed E-state index contributed by atoms with van der Waals surface area (Å²) in [6.45, 7) is 0.564. The van der Waals surface area contributed by atoms with Crippen molar-refractivity contribution in [1.29, 1.82) is 0 Å².